The van der Waals surface area contributed by atoms with Crippen molar-refractivity contribution in [2.45, 2.75) is 26.0 Å². The number of nitro groups is 1. The lowest BCUT2D eigenvalue weighted by molar-refractivity contribution is -0.385. The first-order valence-electron chi connectivity index (χ1n) is 7.25. The highest BCUT2D eigenvalue weighted by Crippen LogP contribution is 2.20. The minimum absolute atomic E-state index is 0.00615. The molecule has 1 amide bonds. The maximum absolute atomic E-state index is 12.9. The predicted molar refractivity (Wildman–Crippen MR) is 86.1 cm³/mol. The van der Waals surface area contributed by atoms with Crippen LogP contribution in [0.1, 0.15) is 19.4 Å². The van der Waals surface area contributed by atoms with Crippen molar-refractivity contribution in [3.63, 3.8) is 0 Å². The van der Waals surface area contributed by atoms with E-state index in [9.17, 15) is 19.3 Å². The van der Waals surface area contributed by atoms with Crippen molar-refractivity contribution in [1.82, 2.24) is 5.32 Å². The van der Waals surface area contributed by atoms with Crippen LogP contribution in [0.25, 0.3) is 0 Å². The van der Waals surface area contributed by atoms with Gasteiger partial charge in [-0.2, -0.15) is 0 Å². The van der Waals surface area contributed by atoms with Crippen LogP contribution >= 0.6 is 0 Å². The molecule has 1 N–H and O–H groups in total. The second-order valence-corrected chi connectivity index (χ2v) is 5.63. The van der Waals surface area contributed by atoms with E-state index in [0.29, 0.717) is 11.3 Å². The van der Waals surface area contributed by atoms with Crippen molar-refractivity contribution in [1.29, 1.82) is 0 Å². The number of benzene rings is 2. The van der Waals surface area contributed by atoms with Crippen LogP contribution in [-0.4, -0.2) is 16.4 Å². The van der Waals surface area contributed by atoms with Crippen molar-refractivity contribution in [2.24, 2.45) is 0 Å². The number of carbonyl (C=O) groups is 1. The zero-order valence-corrected chi connectivity index (χ0v) is 13.3. The van der Waals surface area contributed by atoms with Gasteiger partial charge in [-0.25, -0.2) is 4.39 Å². The molecule has 0 atom stereocenters. The monoisotopic (exact) mass is 332 g/mol. The minimum Gasteiger partial charge on any atom is -0.478 e. The number of nitrogens with zero attached hydrogens (tertiary/aromatic N) is 1. The van der Waals surface area contributed by atoms with E-state index in [1.807, 2.05) is 0 Å². The van der Waals surface area contributed by atoms with Gasteiger partial charge in [0.15, 0.2) is 5.60 Å². The molecule has 2 rings (SSSR count). The Bertz CT molecular complexity index is 745. The van der Waals surface area contributed by atoms with E-state index in [4.69, 9.17) is 4.74 Å². The molecule has 24 heavy (non-hydrogen) atoms. The molecule has 2 aromatic rings. The van der Waals surface area contributed by atoms with Crippen molar-refractivity contribution < 1.29 is 18.8 Å². The van der Waals surface area contributed by atoms with E-state index in [-0.39, 0.29) is 12.2 Å². The van der Waals surface area contributed by atoms with Gasteiger partial charge in [-0.1, -0.05) is 18.2 Å². The molecular weight excluding hydrogens is 315 g/mol. The minimum atomic E-state index is -1.22. The van der Waals surface area contributed by atoms with Crippen molar-refractivity contribution in [2.75, 3.05) is 0 Å². The largest absolute Gasteiger partial charge is 0.478 e. The third-order valence-corrected chi connectivity index (χ3v) is 3.36. The van der Waals surface area contributed by atoms with Crippen LogP contribution < -0.4 is 10.1 Å². The number of halogens is 1. The molecule has 0 bridgehead atoms. The van der Waals surface area contributed by atoms with Crippen LogP contribution in [0.3, 0.4) is 0 Å². The zero-order chi connectivity index (χ0) is 17.7. The van der Waals surface area contributed by atoms with E-state index < -0.39 is 22.2 Å². The molecule has 0 heterocycles. The Morgan fingerprint density at radius 1 is 1.21 bits per heavy atom. The highest BCUT2D eigenvalue weighted by Gasteiger charge is 2.30. The summed E-state index contributed by atoms with van der Waals surface area (Å²) in [4.78, 5) is 22.8. The summed E-state index contributed by atoms with van der Waals surface area (Å²) in [6, 6.07) is 11.5. The Morgan fingerprint density at radius 2 is 1.83 bits per heavy atom. The summed E-state index contributed by atoms with van der Waals surface area (Å²) in [5, 5.41) is 13.6. The zero-order valence-electron chi connectivity index (χ0n) is 13.3. The second kappa shape index (κ2) is 7.08. The Hall–Kier alpha value is -2.96. The SMILES string of the molecule is CC(C)(Oc1ccc(F)cc1)C(=O)NCc1ccccc1[N+](=O)[O-]. The standard InChI is InChI=1S/C17H17FN2O4/c1-17(2,24-14-9-7-13(18)8-10-14)16(21)19-11-12-5-3-4-6-15(12)20(22)23/h3-10H,11H2,1-2H3,(H,19,21). The van der Waals surface area contributed by atoms with E-state index in [0.717, 1.165) is 0 Å². The van der Waals surface area contributed by atoms with Crippen LogP contribution in [0.4, 0.5) is 10.1 Å². The van der Waals surface area contributed by atoms with Crippen LogP contribution in [0.2, 0.25) is 0 Å². The normalized spacial score (nSPS) is 11.0. The number of hydrogen-bond acceptors (Lipinski definition) is 4. The van der Waals surface area contributed by atoms with Crippen molar-refractivity contribution in [3.05, 3.63) is 70.0 Å². The molecule has 126 valence electrons. The first-order chi connectivity index (χ1) is 11.3. The van der Waals surface area contributed by atoms with Crippen molar-refractivity contribution in [3.8, 4) is 5.75 Å². The Morgan fingerprint density at radius 3 is 2.46 bits per heavy atom. The first kappa shape index (κ1) is 17.4. The second-order valence-electron chi connectivity index (χ2n) is 5.63. The molecule has 0 aromatic heterocycles. The highest BCUT2D eigenvalue weighted by atomic mass is 19.1. The summed E-state index contributed by atoms with van der Waals surface area (Å²) < 4.78 is 18.5. The molecule has 0 saturated carbocycles. The lowest BCUT2D eigenvalue weighted by Crippen LogP contribution is -2.46. The summed E-state index contributed by atoms with van der Waals surface area (Å²) in [5.74, 6) is -0.492. The highest BCUT2D eigenvalue weighted by molar-refractivity contribution is 5.84. The number of amides is 1. The number of hydrogen-bond donors (Lipinski definition) is 1. The average Bonchev–Trinajstić information content (AvgIpc) is 2.54. The quantitative estimate of drug-likeness (QED) is 0.650. The van der Waals surface area contributed by atoms with E-state index >= 15 is 0 Å². The molecule has 0 unspecified atom stereocenters. The summed E-state index contributed by atoms with van der Waals surface area (Å²) >= 11 is 0. The van der Waals surface area contributed by atoms with Gasteiger partial charge in [-0.05, 0) is 38.1 Å². The van der Waals surface area contributed by atoms with Gasteiger partial charge in [0, 0.05) is 18.2 Å². The van der Waals surface area contributed by atoms with E-state index in [1.54, 1.807) is 32.0 Å². The van der Waals surface area contributed by atoms with Crippen LogP contribution in [0.15, 0.2) is 48.5 Å². The molecule has 6 nitrogen and oxygen atoms in total. The number of ether oxygens (including phenoxy) is 1. The predicted octanol–water partition coefficient (Wildman–Crippen LogP) is 3.21. The van der Waals surface area contributed by atoms with Crippen molar-refractivity contribution >= 4 is 11.6 Å². The average molecular weight is 332 g/mol. The Balaban J connectivity index is 2.03. The van der Waals surface area contributed by atoms with Gasteiger partial charge in [0.2, 0.25) is 0 Å². The fourth-order valence-corrected chi connectivity index (χ4v) is 2.07. The molecule has 0 aliphatic carbocycles. The van der Waals surface area contributed by atoms with Gasteiger partial charge in [-0.3, -0.25) is 14.9 Å². The first-order valence-corrected chi connectivity index (χ1v) is 7.25. The molecule has 0 fully saturated rings. The fraction of sp³-hybridized carbons (Fsp3) is 0.235. The summed E-state index contributed by atoms with van der Waals surface area (Å²) in [7, 11) is 0. The van der Waals surface area contributed by atoms with Gasteiger partial charge in [0.05, 0.1) is 4.92 Å². The number of rotatable bonds is 6. The summed E-state index contributed by atoms with van der Waals surface area (Å²) in [5.41, 5.74) is -0.884. The maximum Gasteiger partial charge on any atom is 0.274 e. The smallest absolute Gasteiger partial charge is 0.274 e. The van der Waals surface area contributed by atoms with E-state index in [1.165, 1.54) is 30.3 Å². The molecule has 0 aliphatic heterocycles. The topological polar surface area (TPSA) is 81.5 Å². The third-order valence-electron chi connectivity index (χ3n) is 3.36. The molecule has 0 aliphatic rings. The molecule has 0 saturated heterocycles. The van der Waals surface area contributed by atoms with Crippen LogP contribution in [-0.2, 0) is 11.3 Å². The third kappa shape index (κ3) is 4.28. The number of nitro benzene ring substituents is 1. The van der Waals surface area contributed by atoms with Gasteiger partial charge >= 0.3 is 0 Å². The molecule has 7 heteroatoms. The van der Waals surface area contributed by atoms with Gasteiger partial charge in [-0.15, -0.1) is 0 Å². The lowest BCUT2D eigenvalue weighted by atomic mass is 10.1. The van der Waals surface area contributed by atoms with Gasteiger partial charge in [0.1, 0.15) is 11.6 Å². The molecule has 0 radical (unpaired) electrons. The lowest BCUT2D eigenvalue weighted by Gasteiger charge is -2.25. The van der Waals surface area contributed by atoms with Crippen LogP contribution in [0, 0.1) is 15.9 Å². The molecular formula is C17H17FN2O4. The summed E-state index contributed by atoms with van der Waals surface area (Å²) in [6.07, 6.45) is 0. The number of para-hydroxylation sites is 1. The Kier molecular flexibility index (Phi) is 5.13. The molecule has 2 aromatic carbocycles. The fourth-order valence-electron chi connectivity index (χ4n) is 2.07. The van der Waals surface area contributed by atoms with Crippen LogP contribution in [0.5, 0.6) is 5.75 Å². The van der Waals surface area contributed by atoms with E-state index in [2.05, 4.69) is 5.32 Å². The van der Waals surface area contributed by atoms with Gasteiger partial charge < -0.3 is 10.1 Å². The van der Waals surface area contributed by atoms with Gasteiger partial charge in [0.25, 0.3) is 11.6 Å². The number of carbonyl (C=O) groups excluding carboxylic acids is 1. The summed E-state index contributed by atoms with van der Waals surface area (Å²) in [6.45, 7) is 3.13. The Labute approximate surface area is 138 Å². The molecule has 0 spiro atoms. The number of nitrogens with one attached hydrogen (secondary N) is 1. The maximum atomic E-state index is 12.9.